The van der Waals surface area contributed by atoms with Crippen molar-refractivity contribution in [1.29, 1.82) is 0 Å². The number of aromatic nitrogens is 1. The summed E-state index contributed by atoms with van der Waals surface area (Å²) in [5, 5.41) is 3.47. The van der Waals surface area contributed by atoms with Crippen LogP contribution in [0.15, 0.2) is 67.0 Å². The fourth-order valence-corrected chi connectivity index (χ4v) is 3.29. The van der Waals surface area contributed by atoms with Crippen molar-refractivity contribution in [1.82, 2.24) is 10.3 Å². The molecular formula is C22H21FN2O. The van der Waals surface area contributed by atoms with Crippen molar-refractivity contribution in [2.45, 2.75) is 25.5 Å². The van der Waals surface area contributed by atoms with E-state index in [1.54, 1.807) is 18.3 Å². The van der Waals surface area contributed by atoms with Crippen LogP contribution in [0.4, 0.5) is 4.39 Å². The van der Waals surface area contributed by atoms with Crippen molar-refractivity contribution < 1.29 is 9.13 Å². The van der Waals surface area contributed by atoms with E-state index < -0.39 is 0 Å². The molecule has 0 saturated heterocycles. The Balaban J connectivity index is 1.34. The van der Waals surface area contributed by atoms with Gasteiger partial charge >= 0.3 is 0 Å². The first kappa shape index (κ1) is 16.7. The molecule has 4 rings (SSSR count). The second-order valence-electron chi connectivity index (χ2n) is 6.61. The molecule has 26 heavy (non-hydrogen) atoms. The lowest BCUT2D eigenvalue weighted by atomic mass is 10.0. The molecule has 1 aliphatic heterocycles. The Kier molecular flexibility index (Phi) is 4.93. The number of para-hydroxylation sites is 1. The van der Waals surface area contributed by atoms with Crippen LogP contribution in [0.1, 0.15) is 17.5 Å². The van der Waals surface area contributed by atoms with Crippen LogP contribution >= 0.6 is 0 Å². The van der Waals surface area contributed by atoms with Crippen molar-refractivity contribution in [2.24, 2.45) is 0 Å². The molecule has 0 unspecified atom stereocenters. The highest BCUT2D eigenvalue weighted by atomic mass is 19.1. The predicted octanol–water partition coefficient (Wildman–Crippen LogP) is 4.37. The molecule has 3 nitrogen and oxygen atoms in total. The molecule has 0 spiro atoms. The Morgan fingerprint density at radius 1 is 1.04 bits per heavy atom. The summed E-state index contributed by atoms with van der Waals surface area (Å²) in [5.74, 6) is 0.777. The summed E-state index contributed by atoms with van der Waals surface area (Å²) in [6.07, 6.45) is 5.94. The number of pyridine rings is 1. The van der Waals surface area contributed by atoms with Crippen LogP contribution in [0, 0.1) is 5.82 Å². The Hall–Kier alpha value is -2.72. The van der Waals surface area contributed by atoms with E-state index in [1.807, 2.05) is 18.3 Å². The van der Waals surface area contributed by atoms with Gasteiger partial charge in [-0.1, -0.05) is 30.3 Å². The third-order valence-corrected chi connectivity index (χ3v) is 4.68. The smallest absolute Gasteiger partial charge is 0.123 e. The standard InChI is InChI=1S/C22H21FN2O/c23-20-8-5-17(6-9-20)19-11-16(12-24-14-19)13-25-15-21-10-7-18-3-1-2-4-22(18)26-21/h1-6,8-9,11-12,14,21,25H,7,10,13,15H2/t21-/m0/s1. The van der Waals surface area contributed by atoms with Gasteiger partial charge in [0.15, 0.2) is 0 Å². The van der Waals surface area contributed by atoms with E-state index in [-0.39, 0.29) is 11.9 Å². The first-order valence-electron chi connectivity index (χ1n) is 8.93. The quantitative estimate of drug-likeness (QED) is 0.743. The molecule has 1 atom stereocenters. The molecular weight excluding hydrogens is 327 g/mol. The maximum atomic E-state index is 13.1. The van der Waals surface area contributed by atoms with E-state index in [0.29, 0.717) is 0 Å². The molecule has 1 aromatic heterocycles. The minimum Gasteiger partial charge on any atom is -0.489 e. The van der Waals surface area contributed by atoms with Crippen LogP contribution in [0.2, 0.25) is 0 Å². The summed E-state index contributed by atoms with van der Waals surface area (Å²) in [5.41, 5.74) is 4.35. The van der Waals surface area contributed by atoms with Gasteiger partial charge in [0.25, 0.3) is 0 Å². The van der Waals surface area contributed by atoms with Gasteiger partial charge in [0.05, 0.1) is 0 Å². The van der Waals surface area contributed by atoms with Gasteiger partial charge in [-0.25, -0.2) is 4.39 Å². The summed E-state index contributed by atoms with van der Waals surface area (Å²) < 4.78 is 19.1. The zero-order chi connectivity index (χ0) is 17.8. The van der Waals surface area contributed by atoms with Crippen LogP contribution in [0.3, 0.4) is 0 Å². The number of ether oxygens (including phenoxy) is 1. The Bertz CT molecular complexity index is 879. The lowest BCUT2D eigenvalue weighted by molar-refractivity contribution is 0.170. The summed E-state index contributed by atoms with van der Waals surface area (Å²) in [7, 11) is 0. The molecule has 2 aromatic carbocycles. The maximum absolute atomic E-state index is 13.1. The monoisotopic (exact) mass is 348 g/mol. The molecule has 1 aliphatic rings. The molecule has 0 saturated carbocycles. The minimum absolute atomic E-state index is 0.193. The largest absolute Gasteiger partial charge is 0.489 e. The second-order valence-corrected chi connectivity index (χ2v) is 6.61. The first-order valence-corrected chi connectivity index (χ1v) is 8.93. The third-order valence-electron chi connectivity index (χ3n) is 4.68. The van der Waals surface area contributed by atoms with E-state index in [0.717, 1.165) is 48.4 Å². The molecule has 0 fully saturated rings. The SMILES string of the molecule is Fc1ccc(-c2cncc(CNC[C@@H]3CCc4ccccc4O3)c2)cc1. The average molecular weight is 348 g/mol. The molecule has 1 N–H and O–H groups in total. The molecule has 2 heterocycles. The van der Waals surface area contributed by atoms with Gasteiger partial charge in [-0.3, -0.25) is 4.98 Å². The molecule has 0 bridgehead atoms. The van der Waals surface area contributed by atoms with Gasteiger partial charge in [0.2, 0.25) is 0 Å². The number of hydrogen-bond donors (Lipinski definition) is 1. The molecule has 3 aromatic rings. The second kappa shape index (κ2) is 7.67. The van der Waals surface area contributed by atoms with Crippen molar-refractivity contribution in [2.75, 3.05) is 6.54 Å². The van der Waals surface area contributed by atoms with Crippen LogP contribution < -0.4 is 10.1 Å². The number of fused-ring (bicyclic) bond motifs is 1. The van der Waals surface area contributed by atoms with Crippen molar-refractivity contribution in [3.63, 3.8) is 0 Å². The summed E-state index contributed by atoms with van der Waals surface area (Å²) in [6.45, 7) is 1.53. The molecule has 132 valence electrons. The summed E-state index contributed by atoms with van der Waals surface area (Å²) in [6, 6.07) is 16.8. The van der Waals surface area contributed by atoms with Crippen molar-refractivity contribution >= 4 is 0 Å². The van der Waals surface area contributed by atoms with Gasteiger partial charge in [0.1, 0.15) is 17.7 Å². The number of halogens is 1. The van der Waals surface area contributed by atoms with Crippen molar-refractivity contribution in [3.8, 4) is 16.9 Å². The van der Waals surface area contributed by atoms with E-state index >= 15 is 0 Å². The van der Waals surface area contributed by atoms with E-state index in [2.05, 4.69) is 28.5 Å². The topological polar surface area (TPSA) is 34.2 Å². The molecule has 4 heteroatoms. The first-order chi connectivity index (χ1) is 12.8. The lowest BCUT2D eigenvalue weighted by Gasteiger charge is -2.26. The third kappa shape index (κ3) is 3.92. The van der Waals surface area contributed by atoms with E-state index in [4.69, 9.17) is 4.74 Å². The van der Waals surface area contributed by atoms with Gasteiger partial charge in [-0.2, -0.15) is 0 Å². The number of rotatable bonds is 5. The highest BCUT2D eigenvalue weighted by Gasteiger charge is 2.18. The lowest BCUT2D eigenvalue weighted by Crippen LogP contribution is -2.33. The predicted molar refractivity (Wildman–Crippen MR) is 101 cm³/mol. The Morgan fingerprint density at radius 3 is 2.77 bits per heavy atom. The van der Waals surface area contributed by atoms with Crippen LogP contribution in [0.25, 0.3) is 11.1 Å². The Morgan fingerprint density at radius 2 is 1.88 bits per heavy atom. The van der Waals surface area contributed by atoms with Crippen LogP contribution in [0.5, 0.6) is 5.75 Å². The number of aryl methyl sites for hydroxylation is 1. The molecule has 0 aliphatic carbocycles. The number of nitrogens with one attached hydrogen (secondary N) is 1. The van der Waals surface area contributed by atoms with E-state index in [9.17, 15) is 4.39 Å². The maximum Gasteiger partial charge on any atom is 0.123 e. The zero-order valence-corrected chi connectivity index (χ0v) is 14.5. The number of hydrogen-bond acceptors (Lipinski definition) is 3. The zero-order valence-electron chi connectivity index (χ0n) is 14.5. The minimum atomic E-state index is -0.228. The van der Waals surface area contributed by atoms with Crippen molar-refractivity contribution in [3.05, 3.63) is 83.9 Å². The van der Waals surface area contributed by atoms with Gasteiger partial charge in [-0.15, -0.1) is 0 Å². The highest BCUT2D eigenvalue weighted by molar-refractivity contribution is 5.62. The normalized spacial score (nSPS) is 16.0. The Labute approximate surface area is 152 Å². The number of benzene rings is 2. The number of nitrogens with zero attached hydrogens (tertiary/aromatic N) is 1. The summed E-state index contributed by atoms with van der Waals surface area (Å²) in [4.78, 5) is 4.31. The molecule has 0 amide bonds. The molecule has 0 radical (unpaired) electrons. The van der Waals surface area contributed by atoms with Crippen LogP contribution in [-0.4, -0.2) is 17.6 Å². The van der Waals surface area contributed by atoms with E-state index in [1.165, 1.54) is 17.7 Å². The summed E-state index contributed by atoms with van der Waals surface area (Å²) >= 11 is 0. The van der Waals surface area contributed by atoms with Gasteiger partial charge < -0.3 is 10.1 Å². The average Bonchev–Trinajstić information content (AvgIpc) is 2.69. The van der Waals surface area contributed by atoms with Crippen LogP contribution in [-0.2, 0) is 13.0 Å². The van der Waals surface area contributed by atoms with Gasteiger partial charge in [-0.05, 0) is 53.8 Å². The fourth-order valence-electron chi connectivity index (χ4n) is 3.29. The van der Waals surface area contributed by atoms with Gasteiger partial charge in [0, 0.05) is 31.0 Å². The fraction of sp³-hybridized carbons (Fsp3) is 0.227. The highest BCUT2D eigenvalue weighted by Crippen LogP contribution is 2.26.